The molecule has 0 saturated carbocycles. The van der Waals surface area contributed by atoms with Crippen molar-refractivity contribution in [1.29, 1.82) is 0 Å². The molecule has 0 aliphatic heterocycles. The number of hydrogen-bond acceptors (Lipinski definition) is 4. The van der Waals surface area contributed by atoms with E-state index in [0.717, 1.165) is 18.4 Å². The van der Waals surface area contributed by atoms with E-state index in [0.29, 0.717) is 37.8 Å². The molecule has 0 fully saturated rings. The van der Waals surface area contributed by atoms with Crippen LogP contribution < -0.4 is 9.47 Å². The maximum Gasteiger partial charge on any atom is 0.243 e. The van der Waals surface area contributed by atoms with E-state index in [1.807, 2.05) is 51.1 Å². The minimum atomic E-state index is -3.64. The fraction of sp³-hybridized carbons (Fsp3) is 0.429. The Morgan fingerprint density at radius 3 is 2.07 bits per heavy atom. The van der Waals surface area contributed by atoms with Crippen molar-refractivity contribution in [3.8, 4) is 11.5 Å². The van der Waals surface area contributed by atoms with Crippen LogP contribution in [0.25, 0.3) is 0 Å². The van der Waals surface area contributed by atoms with Gasteiger partial charge in [-0.25, -0.2) is 8.42 Å². The Labute approximate surface area is 163 Å². The van der Waals surface area contributed by atoms with Crippen molar-refractivity contribution in [3.05, 3.63) is 54.1 Å². The molecule has 0 unspecified atom stereocenters. The van der Waals surface area contributed by atoms with Crippen molar-refractivity contribution in [1.82, 2.24) is 4.31 Å². The molecule has 6 heteroatoms. The van der Waals surface area contributed by atoms with E-state index in [1.54, 1.807) is 18.2 Å². The van der Waals surface area contributed by atoms with E-state index in [-0.39, 0.29) is 4.90 Å². The second kappa shape index (κ2) is 10.3. The number of benzene rings is 2. The topological polar surface area (TPSA) is 55.8 Å². The third-order valence-electron chi connectivity index (χ3n) is 4.03. The van der Waals surface area contributed by atoms with Crippen LogP contribution in [0.4, 0.5) is 0 Å². The van der Waals surface area contributed by atoms with Crippen LogP contribution in [0, 0.1) is 0 Å². The third kappa shape index (κ3) is 5.71. The fourth-order valence-electron chi connectivity index (χ4n) is 2.61. The summed E-state index contributed by atoms with van der Waals surface area (Å²) < 4.78 is 39.2. The normalized spacial score (nSPS) is 11.6. The van der Waals surface area contributed by atoms with Gasteiger partial charge in [-0.3, -0.25) is 0 Å². The summed E-state index contributed by atoms with van der Waals surface area (Å²) in [6, 6.07) is 14.4. The predicted octanol–water partition coefficient (Wildman–Crippen LogP) is 4.48. The molecule has 5 nitrogen and oxygen atoms in total. The van der Waals surface area contributed by atoms with Crippen molar-refractivity contribution in [2.24, 2.45) is 0 Å². The molecule has 2 aromatic rings. The molecular formula is C21H29NO4S. The van der Waals surface area contributed by atoms with Crippen molar-refractivity contribution >= 4 is 10.0 Å². The van der Waals surface area contributed by atoms with Gasteiger partial charge in [0.1, 0.15) is 0 Å². The molecule has 0 bridgehead atoms. The van der Waals surface area contributed by atoms with Crippen LogP contribution in [-0.4, -0.2) is 32.5 Å². The first-order chi connectivity index (χ1) is 13.0. The second-order valence-corrected chi connectivity index (χ2v) is 8.16. The lowest BCUT2D eigenvalue weighted by molar-refractivity contribution is 0.267. The highest BCUT2D eigenvalue weighted by Crippen LogP contribution is 2.32. The van der Waals surface area contributed by atoms with Crippen LogP contribution in [0.15, 0.2) is 53.4 Å². The molecule has 0 spiro atoms. The van der Waals surface area contributed by atoms with Gasteiger partial charge in [-0.2, -0.15) is 4.31 Å². The van der Waals surface area contributed by atoms with Gasteiger partial charge in [0.05, 0.1) is 18.1 Å². The van der Waals surface area contributed by atoms with E-state index in [4.69, 9.17) is 9.47 Å². The zero-order chi connectivity index (χ0) is 19.7. The molecule has 2 aromatic carbocycles. The second-order valence-electron chi connectivity index (χ2n) is 6.22. The molecule has 0 saturated heterocycles. The highest BCUT2D eigenvalue weighted by Gasteiger charge is 2.25. The lowest BCUT2D eigenvalue weighted by Crippen LogP contribution is -2.30. The average molecular weight is 392 g/mol. The summed E-state index contributed by atoms with van der Waals surface area (Å²) in [4.78, 5) is 0.218. The van der Waals surface area contributed by atoms with E-state index < -0.39 is 10.0 Å². The van der Waals surface area contributed by atoms with Gasteiger partial charge >= 0.3 is 0 Å². The number of hydrogen-bond donors (Lipinski definition) is 0. The van der Waals surface area contributed by atoms with Gasteiger partial charge in [0.25, 0.3) is 0 Å². The first kappa shape index (κ1) is 21.3. The summed E-state index contributed by atoms with van der Waals surface area (Å²) in [6.45, 7) is 7.65. The van der Waals surface area contributed by atoms with E-state index in [1.165, 1.54) is 4.31 Å². The maximum atomic E-state index is 13.1. The largest absolute Gasteiger partial charge is 0.490 e. The highest BCUT2D eigenvalue weighted by molar-refractivity contribution is 7.89. The lowest BCUT2D eigenvalue weighted by atomic mass is 10.2. The minimum absolute atomic E-state index is 0.218. The Hall–Kier alpha value is -2.05. The molecule has 2 rings (SSSR count). The summed E-state index contributed by atoms with van der Waals surface area (Å²) >= 11 is 0. The smallest absolute Gasteiger partial charge is 0.243 e. The Morgan fingerprint density at radius 2 is 1.48 bits per heavy atom. The van der Waals surface area contributed by atoms with Gasteiger partial charge < -0.3 is 9.47 Å². The third-order valence-corrected chi connectivity index (χ3v) is 5.95. The monoisotopic (exact) mass is 391 g/mol. The number of rotatable bonds is 11. The van der Waals surface area contributed by atoms with Gasteiger partial charge in [-0.15, -0.1) is 0 Å². The van der Waals surface area contributed by atoms with Crippen LogP contribution in [0.1, 0.15) is 39.2 Å². The molecule has 0 aliphatic rings. The highest BCUT2D eigenvalue weighted by atomic mass is 32.2. The van der Waals surface area contributed by atoms with Crippen LogP contribution in [0.2, 0.25) is 0 Å². The Balaban J connectivity index is 2.32. The van der Waals surface area contributed by atoms with Crippen molar-refractivity contribution in [2.45, 2.75) is 45.1 Å². The molecule has 0 aromatic heterocycles. The molecule has 0 radical (unpaired) electrons. The quantitative estimate of drug-likeness (QED) is 0.567. The first-order valence-electron chi connectivity index (χ1n) is 9.46. The number of ether oxygens (including phenoxy) is 2. The number of sulfonamides is 1. The van der Waals surface area contributed by atoms with Crippen LogP contribution in [0.5, 0.6) is 11.5 Å². The van der Waals surface area contributed by atoms with E-state index >= 15 is 0 Å². The van der Waals surface area contributed by atoms with E-state index in [9.17, 15) is 8.42 Å². The predicted molar refractivity (Wildman–Crippen MR) is 108 cm³/mol. The summed E-state index contributed by atoms with van der Waals surface area (Å²) in [5, 5.41) is 0. The summed E-state index contributed by atoms with van der Waals surface area (Å²) in [5.74, 6) is 1.05. The van der Waals surface area contributed by atoms with E-state index in [2.05, 4.69) is 0 Å². The molecule has 0 amide bonds. The Kier molecular flexibility index (Phi) is 8.13. The molecule has 148 valence electrons. The van der Waals surface area contributed by atoms with Gasteiger partial charge in [-0.05, 0) is 30.5 Å². The van der Waals surface area contributed by atoms with Crippen LogP contribution in [0.3, 0.4) is 0 Å². The van der Waals surface area contributed by atoms with Crippen molar-refractivity contribution in [2.75, 3.05) is 19.8 Å². The van der Waals surface area contributed by atoms with Gasteiger partial charge in [0.2, 0.25) is 10.0 Å². The molecule has 27 heavy (non-hydrogen) atoms. The summed E-state index contributed by atoms with van der Waals surface area (Å²) in [7, 11) is -3.64. The first-order valence-corrected chi connectivity index (χ1v) is 10.9. The van der Waals surface area contributed by atoms with Gasteiger partial charge in [0, 0.05) is 19.2 Å². The SMILES string of the molecule is CCCOc1ccc(S(=O)(=O)N(CC)Cc2ccccc2)cc1OCCC. The maximum absolute atomic E-state index is 13.1. The standard InChI is InChI=1S/C21H29NO4S/c1-4-14-25-20-13-12-19(16-21(20)26-15-5-2)27(23,24)22(6-3)17-18-10-8-7-9-11-18/h7-13,16H,4-6,14-15,17H2,1-3H3. The van der Waals surface area contributed by atoms with Crippen molar-refractivity contribution in [3.63, 3.8) is 0 Å². The van der Waals surface area contributed by atoms with Crippen molar-refractivity contribution < 1.29 is 17.9 Å². The molecule has 0 heterocycles. The minimum Gasteiger partial charge on any atom is -0.490 e. The van der Waals surface area contributed by atoms with Gasteiger partial charge in [0.15, 0.2) is 11.5 Å². The number of nitrogens with zero attached hydrogens (tertiary/aromatic N) is 1. The average Bonchev–Trinajstić information content (AvgIpc) is 2.69. The zero-order valence-electron chi connectivity index (χ0n) is 16.3. The van der Waals surface area contributed by atoms with Gasteiger partial charge in [-0.1, -0.05) is 51.1 Å². The summed E-state index contributed by atoms with van der Waals surface area (Å²) in [6.07, 6.45) is 1.70. The molecule has 0 atom stereocenters. The zero-order valence-corrected chi connectivity index (χ0v) is 17.2. The Morgan fingerprint density at radius 1 is 0.852 bits per heavy atom. The molecule has 0 aliphatic carbocycles. The lowest BCUT2D eigenvalue weighted by Gasteiger charge is -2.21. The van der Waals surface area contributed by atoms with Crippen LogP contribution in [-0.2, 0) is 16.6 Å². The Bertz CT molecular complexity index is 806. The van der Waals surface area contributed by atoms with Crippen LogP contribution >= 0.6 is 0 Å². The summed E-state index contributed by atoms with van der Waals surface area (Å²) in [5.41, 5.74) is 0.952. The molecule has 0 N–H and O–H groups in total. The molecular weight excluding hydrogens is 362 g/mol. The fourth-order valence-corrected chi connectivity index (χ4v) is 4.06.